The number of hydrogen-bond acceptors (Lipinski definition) is 2. The standard InChI is InChI=1S/C19H20N2/c1-20(2)13-14-6-9-18-17(12-14)8-7-15-4-3-5-16-10-11-21(18)19(15)16/h3-9,12H,10-11,13H2,1-2H3. The molecule has 0 saturated carbocycles. The van der Waals surface area contributed by atoms with Gasteiger partial charge in [-0.25, -0.2) is 0 Å². The summed E-state index contributed by atoms with van der Waals surface area (Å²) in [5.41, 5.74) is 8.27. The van der Waals surface area contributed by atoms with Crippen LogP contribution < -0.4 is 4.90 Å². The lowest BCUT2D eigenvalue weighted by Crippen LogP contribution is -2.15. The second-order valence-corrected chi connectivity index (χ2v) is 6.22. The van der Waals surface area contributed by atoms with E-state index in [2.05, 4.69) is 72.4 Å². The van der Waals surface area contributed by atoms with Crippen molar-refractivity contribution in [2.24, 2.45) is 0 Å². The molecule has 4 rings (SSSR count). The van der Waals surface area contributed by atoms with E-state index in [1.165, 1.54) is 33.6 Å². The Morgan fingerprint density at radius 1 is 1.05 bits per heavy atom. The number of benzene rings is 2. The molecule has 2 heterocycles. The zero-order valence-electron chi connectivity index (χ0n) is 12.6. The van der Waals surface area contributed by atoms with Gasteiger partial charge in [0.05, 0.1) is 5.69 Å². The highest BCUT2D eigenvalue weighted by atomic mass is 15.2. The van der Waals surface area contributed by atoms with Crippen molar-refractivity contribution in [1.82, 2.24) is 4.90 Å². The van der Waals surface area contributed by atoms with E-state index in [9.17, 15) is 0 Å². The van der Waals surface area contributed by atoms with Gasteiger partial charge in [-0.05, 0) is 54.9 Å². The van der Waals surface area contributed by atoms with E-state index in [0.717, 1.165) is 19.5 Å². The van der Waals surface area contributed by atoms with Gasteiger partial charge in [0.2, 0.25) is 0 Å². The number of fused-ring (bicyclic) bond motifs is 2. The Balaban J connectivity index is 1.84. The smallest absolute Gasteiger partial charge is 0.0517 e. The van der Waals surface area contributed by atoms with E-state index in [4.69, 9.17) is 0 Å². The number of hydrogen-bond donors (Lipinski definition) is 0. The third-order valence-corrected chi connectivity index (χ3v) is 4.35. The summed E-state index contributed by atoms with van der Waals surface area (Å²) in [7, 11) is 4.23. The molecule has 0 unspecified atom stereocenters. The van der Waals surface area contributed by atoms with Crippen LogP contribution in [-0.4, -0.2) is 25.5 Å². The van der Waals surface area contributed by atoms with Crippen molar-refractivity contribution >= 4 is 23.5 Å². The lowest BCUT2D eigenvalue weighted by molar-refractivity contribution is 0.402. The molecule has 2 nitrogen and oxygen atoms in total. The van der Waals surface area contributed by atoms with Crippen LogP contribution in [0.2, 0.25) is 0 Å². The number of anilines is 2. The molecule has 106 valence electrons. The van der Waals surface area contributed by atoms with E-state index >= 15 is 0 Å². The van der Waals surface area contributed by atoms with E-state index in [0.29, 0.717) is 0 Å². The summed E-state index contributed by atoms with van der Waals surface area (Å²) >= 11 is 0. The first-order chi connectivity index (χ1) is 10.2. The summed E-state index contributed by atoms with van der Waals surface area (Å²) in [5.74, 6) is 0. The topological polar surface area (TPSA) is 6.48 Å². The Bertz CT molecular complexity index is 728. The molecule has 0 aliphatic carbocycles. The fourth-order valence-electron chi connectivity index (χ4n) is 3.49. The highest BCUT2D eigenvalue weighted by Gasteiger charge is 2.25. The number of rotatable bonds is 2. The Labute approximate surface area is 126 Å². The van der Waals surface area contributed by atoms with E-state index in [1.54, 1.807) is 0 Å². The molecule has 0 fully saturated rings. The molecule has 0 radical (unpaired) electrons. The first-order valence-corrected chi connectivity index (χ1v) is 7.57. The average molecular weight is 276 g/mol. The Morgan fingerprint density at radius 2 is 1.90 bits per heavy atom. The molecular weight excluding hydrogens is 256 g/mol. The summed E-state index contributed by atoms with van der Waals surface area (Å²) in [5, 5.41) is 0. The van der Waals surface area contributed by atoms with Crippen LogP contribution >= 0.6 is 0 Å². The maximum Gasteiger partial charge on any atom is 0.0517 e. The molecule has 2 heteroatoms. The summed E-state index contributed by atoms with van der Waals surface area (Å²) in [6.45, 7) is 2.08. The summed E-state index contributed by atoms with van der Waals surface area (Å²) in [4.78, 5) is 4.70. The zero-order valence-corrected chi connectivity index (χ0v) is 12.6. The second kappa shape index (κ2) is 4.74. The third kappa shape index (κ3) is 2.07. The molecule has 0 saturated heterocycles. The molecule has 2 aliphatic rings. The number of nitrogens with zero attached hydrogens (tertiary/aromatic N) is 2. The van der Waals surface area contributed by atoms with E-state index in [1.807, 2.05) is 0 Å². The minimum absolute atomic E-state index is 0.985. The lowest BCUT2D eigenvalue weighted by atomic mass is 10.1. The molecule has 2 aromatic carbocycles. The Morgan fingerprint density at radius 3 is 2.76 bits per heavy atom. The predicted octanol–water partition coefficient (Wildman–Crippen LogP) is 3.93. The van der Waals surface area contributed by atoms with Gasteiger partial charge in [-0.15, -0.1) is 0 Å². The van der Waals surface area contributed by atoms with Crippen LogP contribution in [0.15, 0.2) is 36.4 Å². The fourth-order valence-corrected chi connectivity index (χ4v) is 3.49. The predicted molar refractivity (Wildman–Crippen MR) is 89.9 cm³/mol. The second-order valence-electron chi connectivity index (χ2n) is 6.22. The van der Waals surface area contributed by atoms with Crippen LogP contribution in [0.25, 0.3) is 12.2 Å². The third-order valence-electron chi connectivity index (χ3n) is 4.35. The molecule has 0 N–H and O–H groups in total. The van der Waals surface area contributed by atoms with Crippen molar-refractivity contribution in [3.8, 4) is 0 Å². The summed E-state index contributed by atoms with van der Waals surface area (Å²) < 4.78 is 0. The Kier molecular flexibility index (Phi) is 2.86. The van der Waals surface area contributed by atoms with Crippen molar-refractivity contribution in [1.29, 1.82) is 0 Å². The molecule has 21 heavy (non-hydrogen) atoms. The normalized spacial score (nSPS) is 15.1. The maximum absolute atomic E-state index is 2.49. The van der Waals surface area contributed by atoms with Gasteiger partial charge < -0.3 is 9.80 Å². The average Bonchev–Trinajstić information content (AvgIpc) is 2.82. The fraction of sp³-hybridized carbons (Fsp3) is 0.263. The van der Waals surface area contributed by atoms with Crippen molar-refractivity contribution in [2.45, 2.75) is 13.0 Å². The SMILES string of the molecule is CN(C)Cc1ccc2c(c1)C=Cc1cccc3c1N2CC3. The number of para-hydroxylation sites is 1. The first-order valence-electron chi connectivity index (χ1n) is 7.57. The monoisotopic (exact) mass is 276 g/mol. The molecule has 2 aromatic rings. The van der Waals surface area contributed by atoms with Gasteiger partial charge in [-0.1, -0.05) is 36.4 Å². The van der Waals surface area contributed by atoms with Crippen LogP contribution in [0, 0.1) is 0 Å². The molecule has 0 aromatic heterocycles. The van der Waals surface area contributed by atoms with Crippen LogP contribution in [0.1, 0.15) is 22.3 Å². The molecule has 0 amide bonds. The van der Waals surface area contributed by atoms with Crippen molar-refractivity contribution in [3.05, 3.63) is 58.7 Å². The highest BCUT2D eigenvalue weighted by Crippen LogP contribution is 2.42. The van der Waals surface area contributed by atoms with Gasteiger partial charge in [0.1, 0.15) is 0 Å². The first kappa shape index (κ1) is 12.7. The van der Waals surface area contributed by atoms with Crippen molar-refractivity contribution in [3.63, 3.8) is 0 Å². The van der Waals surface area contributed by atoms with Crippen LogP contribution in [0.4, 0.5) is 11.4 Å². The van der Waals surface area contributed by atoms with Crippen molar-refractivity contribution < 1.29 is 0 Å². The van der Waals surface area contributed by atoms with Gasteiger partial charge in [-0.3, -0.25) is 0 Å². The van der Waals surface area contributed by atoms with E-state index < -0.39 is 0 Å². The van der Waals surface area contributed by atoms with Gasteiger partial charge in [-0.2, -0.15) is 0 Å². The summed E-state index contributed by atoms with van der Waals surface area (Å²) in [6, 6.07) is 13.5. The van der Waals surface area contributed by atoms with E-state index in [-0.39, 0.29) is 0 Å². The van der Waals surface area contributed by atoms with Crippen LogP contribution in [0.5, 0.6) is 0 Å². The minimum Gasteiger partial charge on any atom is -0.340 e. The Hall–Kier alpha value is -2.06. The minimum atomic E-state index is 0.985. The zero-order chi connectivity index (χ0) is 14.4. The van der Waals surface area contributed by atoms with Gasteiger partial charge in [0, 0.05) is 18.8 Å². The summed E-state index contributed by atoms with van der Waals surface area (Å²) in [6.07, 6.45) is 5.68. The van der Waals surface area contributed by atoms with Crippen molar-refractivity contribution in [2.75, 3.05) is 25.5 Å². The van der Waals surface area contributed by atoms with Gasteiger partial charge >= 0.3 is 0 Å². The molecule has 0 bridgehead atoms. The van der Waals surface area contributed by atoms with Gasteiger partial charge in [0.15, 0.2) is 0 Å². The molecule has 0 spiro atoms. The van der Waals surface area contributed by atoms with Gasteiger partial charge in [0.25, 0.3) is 0 Å². The molecular formula is C19H20N2. The maximum atomic E-state index is 2.49. The molecule has 2 aliphatic heterocycles. The lowest BCUT2D eigenvalue weighted by Gasteiger charge is -2.22. The van der Waals surface area contributed by atoms with Crippen LogP contribution in [0.3, 0.4) is 0 Å². The van der Waals surface area contributed by atoms with Crippen LogP contribution in [-0.2, 0) is 13.0 Å². The highest BCUT2D eigenvalue weighted by molar-refractivity contribution is 5.91. The quantitative estimate of drug-likeness (QED) is 0.820. The largest absolute Gasteiger partial charge is 0.340 e. The molecule has 0 atom stereocenters.